The molecule has 0 saturated heterocycles. The van der Waals surface area contributed by atoms with Crippen molar-refractivity contribution in [3.05, 3.63) is 86.5 Å². The van der Waals surface area contributed by atoms with E-state index >= 15 is 0 Å². The molecule has 0 aromatic rings. The maximum atomic E-state index is 8.85. The normalized spacial score (nSPS) is 16.1. The maximum Gasteiger partial charge on any atom is 2.00 e. The van der Waals surface area contributed by atoms with Crippen LogP contribution in [0.25, 0.3) is 0 Å². The van der Waals surface area contributed by atoms with Gasteiger partial charge in [0.1, 0.15) is 26.4 Å². The van der Waals surface area contributed by atoms with E-state index in [0.717, 1.165) is 11.8 Å². The van der Waals surface area contributed by atoms with E-state index in [-0.39, 0.29) is 56.7 Å². The van der Waals surface area contributed by atoms with E-state index in [1.807, 2.05) is 51.4 Å². The first-order valence-corrected chi connectivity index (χ1v) is 9.67. The molecule has 0 spiro atoms. The Bertz CT molecular complexity index is 723. The number of rotatable bonds is 8. The second-order valence-corrected chi connectivity index (χ2v) is 6.01. The first-order valence-electron chi connectivity index (χ1n) is 9.67. The molecule has 0 amide bonds. The van der Waals surface area contributed by atoms with Crippen LogP contribution in [-0.2, 0) is 26.5 Å². The Morgan fingerprint density at radius 3 is 1.36 bits per heavy atom. The van der Waals surface area contributed by atoms with E-state index in [9.17, 15) is 0 Å². The summed E-state index contributed by atoms with van der Waals surface area (Å²) in [6.45, 7) is 0.584. The topological polar surface area (TPSA) is 106 Å². The van der Waals surface area contributed by atoms with Crippen molar-refractivity contribution in [1.82, 2.24) is 0 Å². The Morgan fingerprint density at radius 2 is 1.06 bits per heavy atom. The average molecular weight is 484 g/mol. The molecule has 168 valence electrons. The van der Waals surface area contributed by atoms with E-state index in [1.165, 1.54) is 0 Å². The van der Waals surface area contributed by atoms with Crippen molar-refractivity contribution in [2.45, 2.75) is 0 Å². The Hall–Kier alpha value is -2.06. The van der Waals surface area contributed by atoms with Crippen LogP contribution in [0.1, 0.15) is 0 Å². The van der Waals surface area contributed by atoms with Crippen molar-refractivity contribution in [2.24, 2.45) is 0 Å². The number of allylic oxidation sites excluding steroid dienone is 2. The SMILES string of the molecule is N#C/C(=C\[C]1[CH][CH][CH][CH]1)COCC#CCO.N#C/C(=C\[C]1[CH][CH][CH][CH]1)COCC#CCO.[Fe+2]. The quantitative estimate of drug-likeness (QED) is 0.235. The van der Waals surface area contributed by atoms with Gasteiger partial charge in [0.25, 0.3) is 0 Å². The number of aliphatic hydroxyl groups excluding tert-OH is 2. The molecule has 0 atom stereocenters. The minimum absolute atomic E-state index is 0. The van der Waals surface area contributed by atoms with Crippen molar-refractivity contribution in [1.29, 1.82) is 10.5 Å². The molecule has 0 unspecified atom stereocenters. The minimum Gasteiger partial charge on any atom is -0.384 e. The summed E-state index contributed by atoms with van der Waals surface area (Å²) in [5.41, 5.74) is 1.11. The molecule has 7 heteroatoms. The van der Waals surface area contributed by atoms with Crippen LogP contribution in [-0.4, -0.2) is 49.9 Å². The van der Waals surface area contributed by atoms with Gasteiger partial charge in [-0.3, -0.25) is 0 Å². The van der Waals surface area contributed by atoms with Crippen molar-refractivity contribution >= 4 is 0 Å². The molecule has 10 radical (unpaired) electrons. The molecule has 0 aromatic heterocycles. The van der Waals surface area contributed by atoms with Crippen LogP contribution in [0.2, 0.25) is 0 Å². The monoisotopic (exact) mass is 484 g/mol. The van der Waals surface area contributed by atoms with Crippen molar-refractivity contribution in [2.75, 3.05) is 39.6 Å². The number of aliphatic hydroxyl groups is 2. The summed E-state index contributed by atoms with van der Waals surface area (Å²) in [6, 6.07) is 4.14. The second kappa shape index (κ2) is 21.8. The fourth-order valence-corrected chi connectivity index (χ4v) is 2.22. The van der Waals surface area contributed by atoms with Crippen molar-refractivity contribution in [3.8, 4) is 35.8 Å². The standard InChI is InChI=1S/2C13H12NO2.Fe/c2*14-10-13(9-12-5-1-2-6-12)11-16-8-4-3-7-15;/h2*1-2,5-6,9,15H,7-8,11H2;/q;;+2/b2*13-9+;. The molecule has 0 aliphatic heterocycles. The van der Waals surface area contributed by atoms with Gasteiger partial charge in [-0.05, 0) is 51.4 Å². The largest absolute Gasteiger partial charge is 2.00 e. The third kappa shape index (κ3) is 16.2. The van der Waals surface area contributed by atoms with Crippen LogP contribution in [0.5, 0.6) is 0 Å². The summed E-state index contributed by atoms with van der Waals surface area (Å²) in [6.07, 6.45) is 18.9. The van der Waals surface area contributed by atoms with E-state index in [1.54, 1.807) is 12.2 Å². The van der Waals surface area contributed by atoms with Gasteiger partial charge in [0.15, 0.2) is 0 Å². The maximum absolute atomic E-state index is 8.85. The minimum atomic E-state index is -0.169. The number of nitrogens with zero attached hydrogens (tertiary/aromatic N) is 2. The first-order chi connectivity index (χ1) is 15.7. The number of nitriles is 2. The van der Waals surface area contributed by atoms with Gasteiger partial charge in [0, 0.05) is 11.8 Å². The zero-order valence-electron chi connectivity index (χ0n) is 18.0. The molecular formula is C26H24FeN2O4+2. The number of hydrogen-bond donors (Lipinski definition) is 2. The molecule has 2 fully saturated rings. The molecular weight excluding hydrogens is 460 g/mol. The molecule has 33 heavy (non-hydrogen) atoms. The van der Waals surface area contributed by atoms with E-state index < -0.39 is 0 Å². The fraction of sp³-hybridized carbons (Fsp3) is 0.231. The van der Waals surface area contributed by atoms with Crippen LogP contribution >= 0.6 is 0 Å². The molecule has 0 aromatic carbocycles. The summed E-state index contributed by atoms with van der Waals surface area (Å²) in [5, 5.41) is 34.5. The van der Waals surface area contributed by atoms with Crippen molar-refractivity contribution in [3.63, 3.8) is 0 Å². The summed E-state index contributed by atoms with van der Waals surface area (Å²) < 4.78 is 10.3. The predicted molar refractivity (Wildman–Crippen MR) is 120 cm³/mol. The summed E-state index contributed by atoms with van der Waals surface area (Å²) in [5.74, 6) is 12.1. The number of hydrogen-bond acceptors (Lipinski definition) is 6. The van der Waals surface area contributed by atoms with Gasteiger partial charge in [0.05, 0.1) is 36.5 Å². The van der Waals surface area contributed by atoms with Crippen LogP contribution < -0.4 is 0 Å². The van der Waals surface area contributed by atoms with E-state index in [2.05, 4.69) is 35.8 Å². The molecule has 2 saturated carbocycles. The van der Waals surface area contributed by atoms with Gasteiger partial charge < -0.3 is 19.7 Å². The molecule has 2 rings (SSSR count). The molecule has 2 aliphatic carbocycles. The fourth-order valence-electron chi connectivity index (χ4n) is 2.22. The zero-order valence-corrected chi connectivity index (χ0v) is 19.1. The summed E-state index contributed by atoms with van der Waals surface area (Å²) >= 11 is 0. The third-order valence-electron chi connectivity index (χ3n) is 3.62. The second-order valence-electron chi connectivity index (χ2n) is 6.01. The Kier molecular flexibility index (Phi) is 20.4. The number of ether oxygens (including phenoxy) is 2. The van der Waals surface area contributed by atoms with E-state index in [0.29, 0.717) is 11.1 Å². The zero-order chi connectivity index (χ0) is 23.3. The average Bonchev–Trinajstić information content (AvgIpc) is 3.52. The molecule has 0 heterocycles. The molecule has 6 nitrogen and oxygen atoms in total. The third-order valence-corrected chi connectivity index (χ3v) is 3.62. The van der Waals surface area contributed by atoms with Crippen LogP contribution in [0.4, 0.5) is 0 Å². The molecule has 0 bridgehead atoms. The summed E-state index contributed by atoms with van der Waals surface area (Å²) in [7, 11) is 0. The van der Waals surface area contributed by atoms with Crippen LogP contribution in [0, 0.1) is 110 Å². The van der Waals surface area contributed by atoms with Crippen LogP contribution in [0.3, 0.4) is 0 Å². The van der Waals surface area contributed by atoms with Gasteiger partial charge in [-0.2, -0.15) is 10.5 Å². The Morgan fingerprint density at radius 1 is 0.697 bits per heavy atom. The molecule has 2 N–H and O–H groups in total. The van der Waals surface area contributed by atoms with Gasteiger partial charge in [-0.15, -0.1) is 0 Å². The van der Waals surface area contributed by atoms with Crippen molar-refractivity contribution < 1.29 is 36.8 Å². The van der Waals surface area contributed by atoms with Gasteiger partial charge in [0.2, 0.25) is 0 Å². The van der Waals surface area contributed by atoms with Gasteiger partial charge >= 0.3 is 17.1 Å². The predicted octanol–water partition coefficient (Wildman–Crippen LogP) is 1.71. The van der Waals surface area contributed by atoms with E-state index in [4.69, 9.17) is 30.2 Å². The Labute approximate surface area is 209 Å². The Balaban J connectivity index is 0.000000602. The van der Waals surface area contributed by atoms with Gasteiger partial charge in [-0.1, -0.05) is 35.8 Å². The van der Waals surface area contributed by atoms with Gasteiger partial charge in [-0.25, -0.2) is 0 Å². The summed E-state index contributed by atoms with van der Waals surface area (Å²) in [4.78, 5) is 0. The molecule has 2 aliphatic rings. The first kappa shape index (κ1) is 30.9. The van der Waals surface area contributed by atoms with Crippen LogP contribution in [0.15, 0.2) is 23.3 Å². The smallest absolute Gasteiger partial charge is 0.384 e.